The third-order valence-electron chi connectivity index (χ3n) is 2.42. The monoisotopic (exact) mass is 258 g/mol. The highest BCUT2D eigenvalue weighted by Crippen LogP contribution is 2.29. The number of ether oxygens (including phenoxy) is 2. The molecule has 5 heteroatoms. The number of aromatic nitrogens is 1. The van der Waals surface area contributed by atoms with Crippen molar-refractivity contribution in [2.75, 3.05) is 6.61 Å². The second kappa shape index (κ2) is 5.91. The highest BCUT2D eigenvalue weighted by atomic mass is 16.5. The average molecular weight is 258 g/mol. The Balaban J connectivity index is 2.12. The number of benzene rings is 1. The zero-order chi connectivity index (χ0) is 13.7. The Kier molecular flexibility index (Phi) is 4.04. The van der Waals surface area contributed by atoms with Gasteiger partial charge in [-0.3, -0.25) is 0 Å². The van der Waals surface area contributed by atoms with Crippen molar-refractivity contribution in [3.05, 3.63) is 41.3 Å². The van der Waals surface area contributed by atoms with Gasteiger partial charge in [0.25, 0.3) is 0 Å². The highest BCUT2D eigenvalue weighted by molar-refractivity contribution is 5.46. The molecular weight excluding hydrogens is 244 g/mol. The minimum absolute atomic E-state index is 0.271. The summed E-state index contributed by atoms with van der Waals surface area (Å²) in [6.45, 7) is 4.50. The summed E-state index contributed by atoms with van der Waals surface area (Å²) in [6, 6.07) is 8.93. The first-order valence-electron chi connectivity index (χ1n) is 5.95. The number of aryl methyl sites for hydroxylation is 1. The van der Waals surface area contributed by atoms with Crippen molar-refractivity contribution in [1.82, 2.24) is 5.16 Å². The van der Waals surface area contributed by atoms with Gasteiger partial charge in [-0.1, -0.05) is 5.16 Å². The lowest BCUT2D eigenvalue weighted by atomic mass is 10.2. The third-order valence-corrected chi connectivity index (χ3v) is 2.42. The van der Waals surface area contributed by atoms with Gasteiger partial charge in [-0.2, -0.15) is 5.26 Å². The molecule has 0 spiro atoms. The van der Waals surface area contributed by atoms with Crippen LogP contribution < -0.4 is 9.47 Å². The molecule has 0 atom stereocenters. The molecule has 1 aromatic carbocycles. The Morgan fingerprint density at radius 1 is 1.26 bits per heavy atom. The number of hydrogen-bond acceptors (Lipinski definition) is 5. The van der Waals surface area contributed by atoms with Gasteiger partial charge in [0.05, 0.1) is 23.9 Å². The van der Waals surface area contributed by atoms with Gasteiger partial charge >= 0.3 is 0 Å². The van der Waals surface area contributed by atoms with Gasteiger partial charge in [0.2, 0.25) is 0 Å². The Labute approximate surface area is 111 Å². The van der Waals surface area contributed by atoms with Crippen LogP contribution in [0.1, 0.15) is 23.9 Å². The van der Waals surface area contributed by atoms with E-state index in [1.165, 1.54) is 0 Å². The first-order valence-corrected chi connectivity index (χ1v) is 5.95. The van der Waals surface area contributed by atoms with Gasteiger partial charge in [-0.05, 0) is 26.0 Å². The van der Waals surface area contributed by atoms with E-state index in [4.69, 9.17) is 19.3 Å². The van der Waals surface area contributed by atoms with Gasteiger partial charge in [0.1, 0.15) is 6.61 Å². The van der Waals surface area contributed by atoms with Crippen LogP contribution in [0.25, 0.3) is 0 Å². The van der Waals surface area contributed by atoms with E-state index in [9.17, 15) is 0 Å². The summed E-state index contributed by atoms with van der Waals surface area (Å²) in [5.74, 6) is 1.77. The number of nitrogens with zero attached hydrogens (tertiary/aromatic N) is 2. The van der Waals surface area contributed by atoms with E-state index >= 15 is 0 Å². The first kappa shape index (κ1) is 13.0. The predicted octanol–water partition coefficient (Wildman–Crippen LogP) is 2.83. The number of nitriles is 1. The van der Waals surface area contributed by atoms with Crippen molar-refractivity contribution >= 4 is 0 Å². The van der Waals surface area contributed by atoms with Crippen LogP contribution in [0.15, 0.2) is 28.8 Å². The van der Waals surface area contributed by atoms with Crippen LogP contribution >= 0.6 is 0 Å². The van der Waals surface area contributed by atoms with E-state index in [0.29, 0.717) is 29.4 Å². The molecular formula is C14H14N2O3. The van der Waals surface area contributed by atoms with Crippen molar-refractivity contribution in [3.8, 4) is 17.6 Å². The second-order valence-electron chi connectivity index (χ2n) is 3.93. The molecule has 1 heterocycles. The van der Waals surface area contributed by atoms with E-state index < -0.39 is 0 Å². The van der Waals surface area contributed by atoms with Gasteiger partial charge in [0, 0.05) is 12.1 Å². The molecule has 0 bridgehead atoms. The van der Waals surface area contributed by atoms with Crippen molar-refractivity contribution in [3.63, 3.8) is 0 Å². The van der Waals surface area contributed by atoms with Crippen LogP contribution in [0, 0.1) is 18.3 Å². The maximum Gasteiger partial charge on any atom is 0.174 e. The summed E-state index contributed by atoms with van der Waals surface area (Å²) < 4.78 is 16.1. The topological polar surface area (TPSA) is 68.3 Å². The molecule has 19 heavy (non-hydrogen) atoms. The summed E-state index contributed by atoms with van der Waals surface area (Å²) >= 11 is 0. The fraction of sp³-hybridized carbons (Fsp3) is 0.286. The van der Waals surface area contributed by atoms with Crippen LogP contribution in [0.4, 0.5) is 0 Å². The fourth-order valence-electron chi connectivity index (χ4n) is 1.60. The predicted molar refractivity (Wildman–Crippen MR) is 67.9 cm³/mol. The van der Waals surface area contributed by atoms with Crippen molar-refractivity contribution < 1.29 is 14.0 Å². The molecule has 0 saturated heterocycles. The van der Waals surface area contributed by atoms with E-state index in [2.05, 4.69) is 11.2 Å². The fourth-order valence-corrected chi connectivity index (χ4v) is 1.60. The molecule has 0 aliphatic heterocycles. The summed E-state index contributed by atoms with van der Waals surface area (Å²) in [6.07, 6.45) is 0. The van der Waals surface area contributed by atoms with Gasteiger partial charge in [-0.25, -0.2) is 0 Å². The molecule has 0 fully saturated rings. The maximum absolute atomic E-state index is 8.86. The molecule has 2 aromatic rings. The Morgan fingerprint density at radius 2 is 2.11 bits per heavy atom. The normalized spacial score (nSPS) is 9.95. The van der Waals surface area contributed by atoms with Crippen LogP contribution in [-0.2, 0) is 6.61 Å². The molecule has 5 nitrogen and oxygen atoms in total. The smallest absolute Gasteiger partial charge is 0.174 e. The standard InChI is InChI=1S/C14H14N2O3/c1-3-17-14-7-11(8-15)4-5-13(14)18-9-12-6-10(2)16-19-12/h4-7H,3,9H2,1-2H3. The Hall–Kier alpha value is -2.48. The molecule has 0 unspecified atom stereocenters. The second-order valence-corrected chi connectivity index (χ2v) is 3.93. The molecule has 98 valence electrons. The van der Waals surface area contributed by atoms with E-state index in [0.717, 1.165) is 5.69 Å². The SMILES string of the molecule is CCOc1cc(C#N)ccc1OCc1cc(C)no1. The van der Waals surface area contributed by atoms with Crippen LogP contribution in [0.3, 0.4) is 0 Å². The highest BCUT2D eigenvalue weighted by Gasteiger charge is 2.08. The lowest BCUT2D eigenvalue weighted by molar-refractivity contribution is 0.233. The third kappa shape index (κ3) is 3.26. The molecule has 1 aromatic heterocycles. The van der Waals surface area contributed by atoms with Gasteiger partial charge in [0.15, 0.2) is 17.3 Å². The molecule has 0 aliphatic rings. The lowest BCUT2D eigenvalue weighted by Gasteiger charge is -2.10. The average Bonchev–Trinajstić information content (AvgIpc) is 2.83. The Morgan fingerprint density at radius 3 is 2.74 bits per heavy atom. The largest absolute Gasteiger partial charge is 0.490 e. The van der Waals surface area contributed by atoms with Gasteiger partial charge < -0.3 is 14.0 Å². The minimum Gasteiger partial charge on any atom is -0.490 e. The molecule has 0 radical (unpaired) electrons. The van der Waals surface area contributed by atoms with Crippen molar-refractivity contribution in [2.45, 2.75) is 20.5 Å². The van der Waals surface area contributed by atoms with Crippen LogP contribution in [0.2, 0.25) is 0 Å². The first-order chi connectivity index (χ1) is 9.22. The van der Waals surface area contributed by atoms with E-state index in [1.807, 2.05) is 19.9 Å². The zero-order valence-corrected chi connectivity index (χ0v) is 10.8. The molecule has 0 saturated carbocycles. The van der Waals surface area contributed by atoms with Crippen molar-refractivity contribution in [1.29, 1.82) is 5.26 Å². The number of rotatable bonds is 5. The zero-order valence-electron chi connectivity index (χ0n) is 10.8. The quantitative estimate of drug-likeness (QED) is 0.824. The summed E-state index contributed by atoms with van der Waals surface area (Å²) in [4.78, 5) is 0. The summed E-state index contributed by atoms with van der Waals surface area (Å²) in [7, 11) is 0. The maximum atomic E-state index is 8.86. The molecule has 0 N–H and O–H groups in total. The minimum atomic E-state index is 0.271. The lowest BCUT2D eigenvalue weighted by Crippen LogP contribution is -1.99. The molecule has 0 amide bonds. The van der Waals surface area contributed by atoms with E-state index in [-0.39, 0.29) is 6.61 Å². The molecule has 0 aliphatic carbocycles. The van der Waals surface area contributed by atoms with Crippen LogP contribution in [-0.4, -0.2) is 11.8 Å². The Bertz CT molecular complexity index is 599. The number of hydrogen-bond donors (Lipinski definition) is 0. The summed E-state index contributed by atoms with van der Waals surface area (Å²) in [5, 5.41) is 12.6. The summed E-state index contributed by atoms with van der Waals surface area (Å²) in [5.41, 5.74) is 1.34. The van der Waals surface area contributed by atoms with E-state index in [1.54, 1.807) is 18.2 Å². The van der Waals surface area contributed by atoms with Gasteiger partial charge in [-0.15, -0.1) is 0 Å². The van der Waals surface area contributed by atoms with Crippen molar-refractivity contribution in [2.24, 2.45) is 0 Å². The molecule has 2 rings (SSSR count). The van der Waals surface area contributed by atoms with Crippen LogP contribution in [0.5, 0.6) is 11.5 Å².